The molecule has 2 aromatic carbocycles. The van der Waals surface area contributed by atoms with Gasteiger partial charge in [0.15, 0.2) is 0 Å². The van der Waals surface area contributed by atoms with Crippen molar-refractivity contribution in [2.24, 2.45) is 0 Å². The van der Waals surface area contributed by atoms with E-state index in [9.17, 15) is 31.1 Å². The number of hydrogen-bond donors (Lipinski definition) is 0. The number of ether oxygens (including phenoxy) is 1. The van der Waals surface area contributed by atoms with E-state index in [1.807, 2.05) is 0 Å². The molecule has 0 bridgehead atoms. The highest BCUT2D eigenvalue weighted by Gasteiger charge is 2.35. The van der Waals surface area contributed by atoms with Crippen LogP contribution in [0.5, 0.6) is 0 Å². The maximum absolute atomic E-state index is 12.9. The zero-order valence-electron chi connectivity index (χ0n) is 16.5. The molecule has 166 valence electrons. The van der Waals surface area contributed by atoms with Crippen molar-refractivity contribution in [3.05, 3.63) is 68.7 Å². The van der Waals surface area contributed by atoms with Gasteiger partial charge in [-0.15, -0.1) is 0 Å². The summed E-state index contributed by atoms with van der Waals surface area (Å²) in [5, 5.41) is 0. The Kier molecular flexibility index (Phi) is 9.39. The van der Waals surface area contributed by atoms with Gasteiger partial charge in [-0.2, -0.15) is 26.3 Å². The third-order valence-electron chi connectivity index (χ3n) is 4.05. The van der Waals surface area contributed by atoms with Crippen LogP contribution in [0.15, 0.2) is 40.9 Å². The average Bonchev–Trinajstić information content (AvgIpc) is 2.58. The van der Waals surface area contributed by atoms with Crippen molar-refractivity contribution in [3.8, 4) is 0 Å². The molecule has 0 unspecified atom stereocenters. The molecule has 0 aromatic heterocycles. The molecule has 9 heteroatoms. The maximum Gasteiger partial charge on any atom is 0.417 e. The fourth-order valence-corrected chi connectivity index (χ4v) is 3.49. The number of aryl methyl sites for hydroxylation is 3. The van der Waals surface area contributed by atoms with Gasteiger partial charge in [0.2, 0.25) is 0 Å². The summed E-state index contributed by atoms with van der Waals surface area (Å²) >= 11 is 2.86. The Hall–Kier alpha value is -2.03. The standard InChI is InChI=1S/C13H15F3O2.C8H6BrF3/c1-3-18-11(17)8-7-10-6-4-5-9(2)12(10)13(14,15)16;1-5-3-2-4-6(9)7(5)8(10,11)12/h4-6H,3,7-8H2,1-2H3;2-4H,1H3. The largest absolute Gasteiger partial charge is 0.466 e. The number of esters is 1. The molecule has 0 spiro atoms. The zero-order chi connectivity index (χ0) is 23.1. The number of benzene rings is 2. The minimum atomic E-state index is -4.39. The molecule has 0 atom stereocenters. The second-order valence-electron chi connectivity index (χ2n) is 6.34. The molecule has 0 aliphatic heterocycles. The third-order valence-corrected chi connectivity index (χ3v) is 4.71. The van der Waals surface area contributed by atoms with Crippen molar-refractivity contribution in [2.75, 3.05) is 6.61 Å². The number of alkyl halides is 6. The van der Waals surface area contributed by atoms with E-state index in [0.717, 1.165) is 0 Å². The van der Waals surface area contributed by atoms with E-state index in [0.29, 0.717) is 0 Å². The number of hydrogen-bond acceptors (Lipinski definition) is 2. The highest BCUT2D eigenvalue weighted by Crippen LogP contribution is 2.37. The van der Waals surface area contributed by atoms with Gasteiger partial charge in [-0.25, -0.2) is 0 Å². The molecule has 30 heavy (non-hydrogen) atoms. The molecule has 2 nitrogen and oxygen atoms in total. The molecule has 0 saturated carbocycles. The summed E-state index contributed by atoms with van der Waals surface area (Å²) in [7, 11) is 0. The number of carbonyl (C=O) groups is 1. The normalized spacial score (nSPS) is 11.5. The first kappa shape index (κ1) is 26.0. The van der Waals surface area contributed by atoms with Crippen molar-refractivity contribution in [1.82, 2.24) is 0 Å². The van der Waals surface area contributed by atoms with Gasteiger partial charge in [0.05, 0.1) is 17.7 Å². The van der Waals surface area contributed by atoms with Gasteiger partial charge in [-0.1, -0.05) is 46.3 Å². The van der Waals surface area contributed by atoms with E-state index in [2.05, 4.69) is 15.9 Å². The molecule has 0 saturated heterocycles. The Morgan fingerprint density at radius 1 is 0.900 bits per heavy atom. The Morgan fingerprint density at radius 2 is 1.40 bits per heavy atom. The Balaban J connectivity index is 0.000000325. The molecule has 0 aliphatic rings. The predicted octanol–water partition coefficient (Wildman–Crippen LogP) is 7.29. The molecule has 2 rings (SSSR count). The van der Waals surface area contributed by atoms with E-state index in [-0.39, 0.29) is 40.6 Å². The van der Waals surface area contributed by atoms with Gasteiger partial charge in [-0.3, -0.25) is 4.79 Å². The van der Waals surface area contributed by atoms with Gasteiger partial charge >= 0.3 is 18.3 Å². The van der Waals surface area contributed by atoms with Crippen molar-refractivity contribution in [2.45, 2.75) is 46.0 Å². The van der Waals surface area contributed by atoms with Crippen LogP contribution in [0.3, 0.4) is 0 Å². The van der Waals surface area contributed by atoms with Crippen LogP contribution in [0.25, 0.3) is 0 Å². The van der Waals surface area contributed by atoms with Crippen molar-refractivity contribution < 1.29 is 35.9 Å². The Bertz CT molecular complexity index is 839. The van der Waals surface area contributed by atoms with Gasteiger partial charge in [0.1, 0.15) is 0 Å². The van der Waals surface area contributed by atoms with E-state index in [1.54, 1.807) is 19.1 Å². The molecule has 2 aromatic rings. The van der Waals surface area contributed by atoms with E-state index < -0.39 is 29.4 Å². The van der Waals surface area contributed by atoms with Crippen molar-refractivity contribution >= 4 is 21.9 Å². The highest BCUT2D eigenvalue weighted by atomic mass is 79.9. The fraction of sp³-hybridized carbons (Fsp3) is 0.381. The summed E-state index contributed by atoms with van der Waals surface area (Å²) in [5.74, 6) is -0.480. The van der Waals surface area contributed by atoms with Crippen LogP contribution < -0.4 is 0 Å². The summed E-state index contributed by atoms with van der Waals surface area (Å²) in [6.45, 7) is 4.74. The first-order valence-corrected chi connectivity index (χ1v) is 9.72. The first-order valence-electron chi connectivity index (χ1n) is 8.92. The van der Waals surface area contributed by atoms with Crippen molar-refractivity contribution in [1.29, 1.82) is 0 Å². The minimum Gasteiger partial charge on any atom is -0.466 e. The van der Waals surface area contributed by atoms with Gasteiger partial charge in [-0.05, 0) is 49.9 Å². The topological polar surface area (TPSA) is 26.3 Å². The molecular formula is C21H21BrF6O2. The van der Waals surface area contributed by atoms with Crippen LogP contribution in [0.4, 0.5) is 26.3 Å². The average molecular weight is 499 g/mol. The monoisotopic (exact) mass is 498 g/mol. The van der Waals surface area contributed by atoms with Gasteiger partial charge < -0.3 is 4.74 Å². The number of rotatable bonds is 4. The summed E-state index contributed by atoms with van der Waals surface area (Å²) in [4.78, 5) is 11.2. The molecule has 0 fully saturated rings. The number of carbonyl (C=O) groups excluding carboxylic acids is 1. The second-order valence-corrected chi connectivity index (χ2v) is 7.20. The second kappa shape index (κ2) is 10.8. The Labute approximate surface area is 179 Å². The first-order chi connectivity index (χ1) is 13.8. The van der Waals surface area contributed by atoms with E-state index in [4.69, 9.17) is 4.74 Å². The lowest BCUT2D eigenvalue weighted by atomic mass is 9.98. The van der Waals surface area contributed by atoms with Crippen molar-refractivity contribution in [3.63, 3.8) is 0 Å². The van der Waals surface area contributed by atoms with Crippen LogP contribution in [0.1, 0.15) is 41.2 Å². The SMILES string of the molecule is CCOC(=O)CCc1cccc(C)c1C(F)(F)F.Cc1cccc(Br)c1C(F)(F)F. The molecule has 0 radical (unpaired) electrons. The lowest BCUT2D eigenvalue weighted by molar-refractivity contribution is -0.144. The van der Waals surface area contributed by atoms with Crippen LogP contribution in [0, 0.1) is 13.8 Å². The molecule has 0 aliphatic carbocycles. The zero-order valence-corrected chi connectivity index (χ0v) is 18.1. The fourth-order valence-electron chi connectivity index (χ4n) is 2.80. The maximum atomic E-state index is 12.9. The summed E-state index contributed by atoms with van der Waals surface area (Å²) < 4.78 is 80.2. The smallest absolute Gasteiger partial charge is 0.417 e. The van der Waals surface area contributed by atoms with Gasteiger partial charge in [0.25, 0.3) is 0 Å². The van der Waals surface area contributed by atoms with Crippen LogP contribution in [-0.4, -0.2) is 12.6 Å². The minimum absolute atomic E-state index is 0.0371. The molecule has 0 heterocycles. The molecule has 0 amide bonds. The lowest BCUT2D eigenvalue weighted by Crippen LogP contribution is -2.13. The van der Waals surface area contributed by atoms with Gasteiger partial charge in [0, 0.05) is 10.9 Å². The predicted molar refractivity (Wildman–Crippen MR) is 105 cm³/mol. The summed E-state index contributed by atoms with van der Waals surface area (Å²) in [6, 6.07) is 8.77. The van der Waals surface area contributed by atoms with Crippen LogP contribution >= 0.6 is 15.9 Å². The highest BCUT2D eigenvalue weighted by molar-refractivity contribution is 9.10. The lowest BCUT2D eigenvalue weighted by Gasteiger charge is -2.15. The van der Waals surface area contributed by atoms with Crippen LogP contribution in [0.2, 0.25) is 0 Å². The molecular weight excluding hydrogens is 478 g/mol. The quantitative estimate of drug-likeness (QED) is 0.326. The van der Waals surface area contributed by atoms with E-state index in [1.165, 1.54) is 38.1 Å². The number of halogens is 7. The Morgan fingerprint density at radius 3 is 1.83 bits per heavy atom. The summed E-state index contributed by atoms with van der Waals surface area (Å²) in [6.07, 6.45) is -8.67. The van der Waals surface area contributed by atoms with E-state index >= 15 is 0 Å². The summed E-state index contributed by atoms with van der Waals surface area (Å²) in [5.41, 5.74) is -0.699. The van der Waals surface area contributed by atoms with Crippen LogP contribution in [-0.2, 0) is 28.3 Å². The third kappa shape index (κ3) is 7.66. The molecule has 0 N–H and O–H groups in total.